The first-order valence-electron chi connectivity index (χ1n) is 18.7. The third-order valence-corrected chi connectivity index (χ3v) is 10.5. The first kappa shape index (κ1) is 49.8. The normalized spacial score (nSPS) is 16.3. The van der Waals surface area contributed by atoms with E-state index in [0.717, 1.165) is 77.0 Å². The van der Waals surface area contributed by atoms with Crippen molar-refractivity contribution in [3.05, 3.63) is 0 Å². The van der Waals surface area contributed by atoms with Crippen LogP contribution in [0.3, 0.4) is 0 Å². The number of carboxylic acids is 2. The molecule has 4 nitrogen and oxygen atoms in total. The van der Waals surface area contributed by atoms with E-state index in [1.54, 1.807) is 0 Å². The molecule has 4 unspecified atom stereocenters. The van der Waals surface area contributed by atoms with E-state index >= 15 is 0 Å². The number of hydrogen-bond donors (Lipinski definition) is 2. The van der Waals surface area contributed by atoms with Gasteiger partial charge in [-0.1, -0.05) is 158 Å². The van der Waals surface area contributed by atoms with Gasteiger partial charge in [0.05, 0.1) is 21.4 Å². The molecule has 45 heavy (non-hydrogen) atoms. The summed E-state index contributed by atoms with van der Waals surface area (Å²) in [6.45, 7) is 17.3. The number of carbonyl (C=O) groups is 2. The van der Waals surface area contributed by atoms with Crippen molar-refractivity contribution in [2.24, 2.45) is 23.7 Å². The van der Waals surface area contributed by atoms with Crippen LogP contribution in [0.2, 0.25) is 9.88 Å². The number of carbonyl (C=O) groups excluding carboxylic acids is 2. The minimum absolute atomic E-state index is 0.230. The third-order valence-electron chi connectivity index (χ3n) is 9.44. The molecule has 0 aliphatic rings. The van der Waals surface area contributed by atoms with E-state index in [1.165, 1.54) is 25.7 Å². The van der Waals surface area contributed by atoms with Gasteiger partial charge in [-0.05, 0) is 49.4 Å². The van der Waals surface area contributed by atoms with Crippen LogP contribution in [0.15, 0.2) is 0 Å². The zero-order valence-corrected chi connectivity index (χ0v) is 36.1. The molecule has 7 heteroatoms. The van der Waals surface area contributed by atoms with Gasteiger partial charge in [0.1, 0.15) is 0 Å². The standard InChI is InChI=1S/2C18H36O2S.2CH3.Sn/c2*1-5-9-11-15(7-3)13-18(21,17(19)20)14-16(8-4)12-10-6-2;;;/h2*15-16,21H,5-14H2,1-4H3,(H,19,20);2*1H3;/q;;;;+2/p-2. The van der Waals surface area contributed by atoms with Crippen LogP contribution < -0.4 is 10.2 Å². The van der Waals surface area contributed by atoms with E-state index in [2.05, 4.69) is 90.5 Å². The van der Waals surface area contributed by atoms with E-state index in [4.69, 9.17) is 0 Å². The van der Waals surface area contributed by atoms with Gasteiger partial charge in [-0.2, -0.15) is 25.3 Å². The predicted octanol–water partition coefficient (Wildman–Crippen LogP) is 10.0. The van der Waals surface area contributed by atoms with Crippen molar-refractivity contribution in [3.8, 4) is 0 Å². The van der Waals surface area contributed by atoms with Gasteiger partial charge in [0.2, 0.25) is 0 Å². The SMILES string of the molecule is CCCCC(CC)CC(S)(CC(CC)CCCC)C(=O)[O-].CCCCC(CC)CC(S)(CC(CC)CCCC)C(=O)[O-].[CH3][Sn+2][CH3]. The van der Waals surface area contributed by atoms with Crippen LogP contribution in [0.25, 0.3) is 0 Å². The maximum absolute atomic E-state index is 11.7. The molecule has 0 spiro atoms. The molecular weight excluding hydrogens is 703 g/mol. The monoisotopic (exact) mass is 780 g/mol. The summed E-state index contributed by atoms with van der Waals surface area (Å²) in [4.78, 5) is 28.0. The Kier molecular flexibility index (Phi) is 35.1. The molecule has 0 aromatic rings. The number of thiol groups is 2. The second-order valence-electron chi connectivity index (χ2n) is 13.6. The summed E-state index contributed by atoms with van der Waals surface area (Å²) in [5.74, 6) is -0.160. The third kappa shape index (κ3) is 25.1. The van der Waals surface area contributed by atoms with Crippen LogP contribution in [0.1, 0.15) is 184 Å². The van der Waals surface area contributed by atoms with Crippen LogP contribution >= 0.6 is 25.3 Å². The summed E-state index contributed by atoms with van der Waals surface area (Å²) >= 11 is 9.39. The molecule has 0 amide bonds. The van der Waals surface area contributed by atoms with Gasteiger partial charge < -0.3 is 19.8 Å². The molecule has 0 N–H and O–H groups in total. The Morgan fingerprint density at radius 3 is 0.800 bits per heavy atom. The quantitative estimate of drug-likeness (QED) is 0.0677. The fourth-order valence-corrected chi connectivity index (χ4v) is 7.22. The summed E-state index contributed by atoms with van der Waals surface area (Å²) in [6, 6.07) is 0. The number of hydrogen-bond acceptors (Lipinski definition) is 6. The van der Waals surface area contributed by atoms with Crippen molar-refractivity contribution in [2.45, 2.75) is 203 Å². The van der Waals surface area contributed by atoms with Gasteiger partial charge in [0, 0.05) is 0 Å². The van der Waals surface area contributed by atoms with E-state index < -0.39 is 21.4 Å². The van der Waals surface area contributed by atoms with Gasteiger partial charge in [-0.25, -0.2) is 0 Å². The van der Waals surface area contributed by atoms with Crippen LogP contribution in [-0.2, 0) is 9.59 Å². The van der Waals surface area contributed by atoms with Gasteiger partial charge in [-0.15, -0.1) is 0 Å². The maximum atomic E-state index is 11.7. The topological polar surface area (TPSA) is 80.3 Å². The molecular formula is C38H76O4S2Sn. The van der Waals surface area contributed by atoms with Crippen LogP contribution in [0.5, 0.6) is 0 Å². The molecule has 268 valence electrons. The van der Waals surface area contributed by atoms with Crippen molar-refractivity contribution in [1.29, 1.82) is 0 Å². The van der Waals surface area contributed by atoms with E-state index in [-0.39, 0.29) is 21.1 Å². The van der Waals surface area contributed by atoms with E-state index in [1.807, 2.05) is 0 Å². The molecule has 0 aromatic carbocycles. The van der Waals surface area contributed by atoms with Gasteiger partial charge in [0.15, 0.2) is 0 Å². The Morgan fingerprint density at radius 2 is 0.689 bits per heavy atom. The van der Waals surface area contributed by atoms with Gasteiger partial charge in [0.25, 0.3) is 0 Å². The first-order valence-corrected chi connectivity index (χ1v) is 25.3. The van der Waals surface area contributed by atoms with Crippen molar-refractivity contribution in [2.75, 3.05) is 0 Å². The van der Waals surface area contributed by atoms with Crippen molar-refractivity contribution in [3.63, 3.8) is 0 Å². The van der Waals surface area contributed by atoms with Crippen molar-refractivity contribution in [1.82, 2.24) is 0 Å². The molecule has 0 aliphatic carbocycles. The Morgan fingerprint density at radius 1 is 0.511 bits per heavy atom. The van der Waals surface area contributed by atoms with Gasteiger partial charge in [-0.3, -0.25) is 0 Å². The summed E-state index contributed by atoms with van der Waals surface area (Å²) in [7, 11) is 0. The Labute approximate surface area is 303 Å². The summed E-state index contributed by atoms with van der Waals surface area (Å²) in [5.41, 5.74) is 0. The number of carboxylic acid groups (broad SMARTS) is 2. The predicted molar refractivity (Wildman–Crippen MR) is 203 cm³/mol. The molecule has 0 bridgehead atoms. The molecule has 0 radical (unpaired) electrons. The van der Waals surface area contributed by atoms with Crippen molar-refractivity contribution < 1.29 is 19.8 Å². The average Bonchev–Trinajstić information content (AvgIpc) is 3.01. The fraction of sp³-hybridized carbons (Fsp3) is 0.947. The fourth-order valence-electron chi connectivity index (χ4n) is 6.18. The number of rotatable bonds is 26. The van der Waals surface area contributed by atoms with Crippen LogP contribution in [0.4, 0.5) is 0 Å². The molecule has 0 saturated heterocycles. The zero-order valence-electron chi connectivity index (χ0n) is 31.5. The molecule has 0 aliphatic heterocycles. The Hall–Kier alpha value is 0.439. The minimum atomic E-state index is -0.976. The van der Waals surface area contributed by atoms with Crippen molar-refractivity contribution >= 4 is 58.3 Å². The molecule has 0 saturated carbocycles. The van der Waals surface area contributed by atoms with E-state index in [9.17, 15) is 19.8 Å². The van der Waals surface area contributed by atoms with E-state index in [0.29, 0.717) is 49.4 Å². The molecule has 4 atom stereocenters. The zero-order chi connectivity index (χ0) is 35.3. The molecule has 0 rings (SSSR count). The summed E-state index contributed by atoms with van der Waals surface area (Å²) in [6.07, 6.45) is 20.5. The molecule has 0 aromatic heterocycles. The molecule has 0 fully saturated rings. The number of aliphatic carboxylic acids is 2. The Bertz CT molecular complexity index is 599. The number of unbranched alkanes of at least 4 members (excludes halogenated alkanes) is 4. The second kappa shape index (κ2) is 31.7. The second-order valence-corrected chi connectivity index (χ2v) is 18.2. The molecule has 0 heterocycles. The Balaban J connectivity index is -0.000000720. The van der Waals surface area contributed by atoms with Gasteiger partial charge >= 0.3 is 31.0 Å². The average molecular weight is 780 g/mol. The summed E-state index contributed by atoms with van der Waals surface area (Å²) < 4.78 is -1.91. The first-order chi connectivity index (χ1) is 21.3. The van der Waals surface area contributed by atoms with Crippen LogP contribution in [0, 0.1) is 23.7 Å². The summed E-state index contributed by atoms with van der Waals surface area (Å²) in [5, 5.41) is 23.4. The van der Waals surface area contributed by atoms with Crippen LogP contribution in [-0.4, -0.2) is 42.6 Å².